The first-order valence-electron chi connectivity index (χ1n) is 4.75. The number of phenols is 1. The molecule has 0 aliphatic rings. The Bertz CT molecular complexity index is 338. The van der Waals surface area contributed by atoms with E-state index in [4.69, 9.17) is 4.74 Å². The second kappa shape index (κ2) is 5.66. The van der Waals surface area contributed by atoms with E-state index in [0.717, 1.165) is 4.90 Å². The Morgan fingerprint density at radius 2 is 2.33 bits per heavy atom. The molecule has 1 aromatic rings. The van der Waals surface area contributed by atoms with E-state index in [1.165, 1.54) is 11.8 Å². The largest absolute Gasteiger partial charge is 0.508 e. The number of thioether (sulfide) groups is 1. The highest BCUT2D eigenvalue weighted by Crippen LogP contribution is 2.26. The summed E-state index contributed by atoms with van der Waals surface area (Å²) in [6, 6.07) is 6.81. The van der Waals surface area contributed by atoms with Crippen LogP contribution in [-0.4, -0.2) is 22.9 Å². The molecular weight excluding hydrogens is 212 g/mol. The minimum Gasteiger partial charge on any atom is -0.508 e. The van der Waals surface area contributed by atoms with Crippen molar-refractivity contribution >= 4 is 17.7 Å². The van der Waals surface area contributed by atoms with Gasteiger partial charge in [-0.2, -0.15) is 0 Å². The van der Waals surface area contributed by atoms with Gasteiger partial charge in [-0.25, -0.2) is 0 Å². The number of benzene rings is 1. The molecule has 1 N–H and O–H groups in total. The van der Waals surface area contributed by atoms with Gasteiger partial charge in [-0.05, 0) is 32.0 Å². The van der Waals surface area contributed by atoms with Crippen LogP contribution in [0.1, 0.15) is 13.8 Å². The van der Waals surface area contributed by atoms with Crippen molar-refractivity contribution < 1.29 is 14.6 Å². The predicted octanol–water partition coefficient (Wildman–Crippen LogP) is 2.44. The smallest absolute Gasteiger partial charge is 0.319 e. The summed E-state index contributed by atoms with van der Waals surface area (Å²) in [5.41, 5.74) is 0. The molecule has 3 nitrogen and oxygen atoms in total. The molecule has 0 amide bonds. The van der Waals surface area contributed by atoms with E-state index < -0.39 is 0 Å². The average Bonchev–Trinajstić information content (AvgIpc) is 2.18. The molecule has 4 heteroatoms. The van der Waals surface area contributed by atoms with Crippen LogP contribution < -0.4 is 0 Å². The van der Waals surface area contributed by atoms with E-state index in [1.807, 2.05) is 6.07 Å². The first-order valence-corrected chi connectivity index (χ1v) is 5.63. The Hall–Kier alpha value is -1.16. The van der Waals surface area contributed by atoms with Crippen molar-refractivity contribution in [2.75, 3.05) is 6.61 Å². The van der Waals surface area contributed by atoms with Crippen LogP contribution in [0.5, 0.6) is 5.75 Å². The van der Waals surface area contributed by atoms with Gasteiger partial charge in [0, 0.05) is 4.90 Å². The summed E-state index contributed by atoms with van der Waals surface area (Å²) in [5.74, 6) is -0.0260. The van der Waals surface area contributed by atoms with E-state index >= 15 is 0 Å². The summed E-state index contributed by atoms with van der Waals surface area (Å²) in [7, 11) is 0. The van der Waals surface area contributed by atoms with E-state index in [0.29, 0.717) is 6.61 Å². The summed E-state index contributed by atoms with van der Waals surface area (Å²) >= 11 is 1.37. The molecule has 1 rings (SSSR count). The molecule has 0 fully saturated rings. The third kappa shape index (κ3) is 3.83. The molecule has 82 valence electrons. The predicted molar refractivity (Wildman–Crippen MR) is 60.1 cm³/mol. The van der Waals surface area contributed by atoms with Crippen LogP contribution in [-0.2, 0) is 9.53 Å². The highest BCUT2D eigenvalue weighted by molar-refractivity contribution is 8.00. The number of phenolic OH excluding ortho intramolecular Hbond substituents is 1. The Kier molecular flexibility index (Phi) is 4.49. The van der Waals surface area contributed by atoms with Crippen LogP contribution in [0.15, 0.2) is 29.2 Å². The number of aromatic hydroxyl groups is 1. The Balaban J connectivity index is 2.58. The van der Waals surface area contributed by atoms with Gasteiger partial charge in [0.15, 0.2) is 0 Å². The lowest BCUT2D eigenvalue weighted by molar-refractivity contribution is -0.142. The van der Waals surface area contributed by atoms with Gasteiger partial charge in [0.25, 0.3) is 0 Å². The zero-order chi connectivity index (χ0) is 11.3. The molecule has 0 aliphatic heterocycles. The van der Waals surface area contributed by atoms with E-state index in [9.17, 15) is 9.90 Å². The third-order valence-electron chi connectivity index (χ3n) is 1.75. The quantitative estimate of drug-likeness (QED) is 0.632. The normalized spacial score (nSPS) is 12.1. The maximum absolute atomic E-state index is 11.3. The van der Waals surface area contributed by atoms with Crippen molar-refractivity contribution in [3.05, 3.63) is 24.3 Å². The fourth-order valence-corrected chi connectivity index (χ4v) is 1.99. The van der Waals surface area contributed by atoms with Crippen LogP contribution in [0.3, 0.4) is 0 Å². The van der Waals surface area contributed by atoms with Crippen LogP contribution in [0, 0.1) is 0 Å². The van der Waals surface area contributed by atoms with Crippen molar-refractivity contribution in [1.82, 2.24) is 0 Å². The molecule has 0 heterocycles. The van der Waals surface area contributed by atoms with Crippen LogP contribution in [0.2, 0.25) is 0 Å². The van der Waals surface area contributed by atoms with Crippen LogP contribution in [0.4, 0.5) is 0 Å². The fourth-order valence-electron chi connectivity index (χ4n) is 1.07. The topological polar surface area (TPSA) is 46.5 Å². The molecule has 0 aliphatic carbocycles. The summed E-state index contributed by atoms with van der Waals surface area (Å²) in [5, 5.41) is 8.98. The van der Waals surface area contributed by atoms with Crippen LogP contribution >= 0.6 is 11.8 Å². The molecule has 0 radical (unpaired) electrons. The fraction of sp³-hybridized carbons (Fsp3) is 0.364. The maximum atomic E-state index is 11.3. The lowest BCUT2D eigenvalue weighted by Gasteiger charge is -2.09. The highest BCUT2D eigenvalue weighted by atomic mass is 32.2. The van der Waals surface area contributed by atoms with Crippen LogP contribution in [0.25, 0.3) is 0 Å². The average molecular weight is 226 g/mol. The molecule has 0 aromatic heterocycles. The Labute approximate surface area is 93.4 Å². The molecule has 0 spiro atoms. The SMILES string of the molecule is CCOC(=O)C(C)Sc1cccc(O)c1. The number of ether oxygens (including phenoxy) is 1. The maximum Gasteiger partial charge on any atom is 0.319 e. The molecule has 0 bridgehead atoms. The Morgan fingerprint density at radius 3 is 2.93 bits per heavy atom. The van der Waals surface area contributed by atoms with Crippen molar-refractivity contribution in [1.29, 1.82) is 0 Å². The van der Waals surface area contributed by atoms with Gasteiger partial charge in [0.2, 0.25) is 0 Å². The number of carbonyl (C=O) groups excluding carboxylic acids is 1. The van der Waals surface area contributed by atoms with Gasteiger partial charge in [-0.15, -0.1) is 11.8 Å². The van der Waals surface area contributed by atoms with Gasteiger partial charge in [-0.1, -0.05) is 6.07 Å². The van der Waals surface area contributed by atoms with Crippen molar-refractivity contribution in [2.24, 2.45) is 0 Å². The number of hydrogen-bond donors (Lipinski definition) is 1. The molecule has 0 saturated carbocycles. The summed E-state index contributed by atoms with van der Waals surface area (Å²) < 4.78 is 4.88. The number of hydrogen-bond acceptors (Lipinski definition) is 4. The first-order chi connectivity index (χ1) is 7.13. The minimum absolute atomic E-state index is 0.205. The Morgan fingerprint density at radius 1 is 1.60 bits per heavy atom. The molecule has 15 heavy (non-hydrogen) atoms. The molecular formula is C11H14O3S. The number of rotatable bonds is 4. The van der Waals surface area contributed by atoms with Gasteiger partial charge in [0.05, 0.1) is 6.61 Å². The van der Waals surface area contributed by atoms with Crippen molar-refractivity contribution in [2.45, 2.75) is 24.0 Å². The molecule has 1 unspecified atom stereocenters. The summed E-state index contributed by atoms with van der Waals surface area (Å²) in [6.07, 6.45) is 0. The van der Waals surface area contributed by atoms with Gasteiger partial charge in [0.1, 0.15) is 11.0 Å². The molecule has 1 atom stereocenters. The second-order valence-electron chi connectivity index (χ2n) is 3.01. The summed E-state index contributed by atoms with van der Waals surface area (Å²) in [4.78, 5) is 12.2. The van der Waals surface area contributed by atoms with Crippen molar-refractivity contribution in [3.8, 4) is 5.75 Å². The van der Waals surface area contributed by atoms with Crippen molar-refractivity contribution in [3.63, 3.8) is 0 Å². The van der Waals surface area contributed by atoms with Gasteiger partial charge < -0.3 is 9.84 Å². The summed E-state index contributed by atoms with van der Waals surface area (Å²) in [6.45, 7) is 3.96. The lowest BCUT2D eigenvalue weighted by Crippen LogP contribution is -2.16. The number of carbonyl (C=O) groups is 1. The number of esters is 1. The zero-order valence-electron chi connectivity index (χ0n) is 8.77. The molecule has 0 saturated heterocycles. The monoisotopic (exact) mass is 226 g/mol. The van der Waals surface area contributed by atoms with E-state index in [-0.39, 0.29) is 17.0 Å². The first kappa shape index (κ1) is 11.9. The van der Waals surface area contributed by atoms with Gasteiger partial charge >= 0.3 is 5.97 Å². The van der Waals surface area contributed by atoms with E-state index in [2.05, 4.69) is 0 Å². The van der Waals surface area contributed by atoms with E-state index in [1.54, 1.807) is 32.0 Å². The molecule has 1 aromatic carbocycles. The highest BCUT2D eigenvalue weighted by Gasteiger charge is 2.15. The zero-order valence-corrected chi connectivity index (χ0v) is 9.58. The lowest BCUT2D eigenvalue weighted by atomic mass is 10.3. The second-order valence-corrected chi connectivity index (χ2v) is 4.42. The van der Waals surface area contributed by atoms with Gasteiger partial charge in [-0.3, -0.25) is 4.79 Å². The third-order valence-corrected chi connectivity index (χ3v) is 2.82. The standard InChI is InChI=1S/C11H14O3S/c1-3-14-11(13)8(2)15-10-6-4-5-9(12)7-10/h4-8,12H,3H2,1-2H3. The minimum atomic E-state index is -0.258.